The molecule has 1 rings (SSSR count). The lowest BCUT2D eigenvalue weighted by Crippen LogP contribution is -2.18. The lowest BCUT2D eigenvalue weighted by molar-refractivity contribution is -0.137. The van der Waals surface area contributed by atoms with Gasteiger partial charge in [-0.05, 0) is 25.1 Å². The van der Waals surface area contributed by atoms with Gasteiger partial charge >= 0.3 is 6.18 Å². The van der Waals surface area contributed by atoms with Gasteiger partial charge in [-0.25, -0.2) is 4.98 Å². The summed E-state index contributed by atoms with van der Waals surface area (Å²) in [5.74, 6) is 0.810. The van der Waals surface area contributed by atoms with E-state index in [0.717, 1.165) is 31.1 Å². The Morgan fingerprint density at radius 2 is 2.00 bits per heavy atom. The van der Waals surface area contributed by atoms with E-state index in [0.29, 0.717) is 5.03 Å². The molecule has 0 aromatic carbocycles. The van der Waals surface area contributed by atoms with Crippen molar-refractivity contribution in [2.75, 3.05) is 18.8 Å². The number of nitrogens with one attached hydrogen (secondary N) is 1. The highest BCUT2D eigenvalue weighted by Crippen LogP contribution is 2.29. The van der Waals surface area contributed by atoms with Gasteiger partial charge in [0.05, 0.1) is 10.6 Å². The van der Waals surface area contributed by atoms with Crippen LogP contribution in [-0.2, 0) is 6.18 Å². The first-order chi connectivity index (χ1) is 9.04. The first-order valence-corrected chi connectivity index (χ1v) is 7.39. The maximum absolute atomic E-state index is 12.3. The van der Waals surface area contributed by atoms with Crippen LogP contribution in [0.5, 0.6) is 0 Å². The van der Waals surface area contributed by atoms with Gasteiger partial charge in [0.15, 0.2) is 0 Å². The van der Waals surface area contributed by atoms with E-state index >= 15 is 0 Å². The zero-order valence-corrected chi connectivity index (χ0v) is 11.8. The summed E-state index contributed by atoms with van der Waals surface area (Å²) in [5, 5.41) is 3.93. The van der Waals surface area contributed by atoms with Crippen LogP contribution in [0.4, 0.5) is 13.2 Å². The molecular formula is C13H19F3N2S. The second-order valence-corrected chi connectivity index (χ2v) is 5.30. The van der Waals surface area contributed by atoms with Gasteiger partial charge in [0.25, 0.3) is 0 Å². The van der Waals surface area contributed by atoms with Gasteiger partial charge in [-0.3, -0.25) is 0 Å². The minimum atomic E-state index is -4.31. The number of nitrogens with zero attached hydrogens (tertiary/aromatic N) is 1. The molecule has 0 saturated heterocycles. The number of aromatic nitrogens is 1. The van der Waals surface area contributed by atoms with E-state index in [9.17, 15) is 13.2 Å². The van der Waals surface area contributed by atoms with Crippen LogP contribution in [0.1, 0.15) is 31.7 Å². The fraction of sp³-hybridized carbons (Fsp3) is 0.615. The Bertz CT molecular complexity index is 352. The number of thioether (sulfide) groups is 1. The average Bonchev–Trinajstić information content (AvgIpc) is 2.37. The molecule has 0 radical (unpaired) electrons. The third kappa shape index (κ3) is 6.82. The molecular weight excluding hydrogens is 273 g/mol. The summed E-state index contributed by atoms with van der Waals surface area (Å²) in [6.07, 6.45) is 0.167. The Hall–Kier alpha value is -0.750. The van der Waals surface area contributed by atoms with Gasteiger partial charge in [0.2, 0.25) is 0 Å². The molecule has 0 aliphatic rings. The fourth-order valence-electron chi connectivity index (χ4n) is 1.49. The Balaban J connectivity index is 2.20. The third-order valence-corrected chi connectivity index (χ3v) is 3.50. The maximum atomic E-state index is 12.3. The highest BCUT2D eigenvalue weighted by molar-refractivity contribution is 7.99. The van der Waals surface area contributed by atoms with Gasteiger partial charge in [0.1, 0.15) is 0 Å². The smallest absolute Gasteiger partial charge is 0.316 e. The maximum Gasteiger partial charge on any atom is 0.417 e. The van der Waals surface area contributed by atoms with Gasteiger partial charge in [-0.1, -0.05) is 19.8 Å². The summed E-state index contributed by atoms with van der Waals surface area (Å²) in [6, 6.07) is 2.49. The summed E-state index contributed by atoms with van der Waals surface area (Å²) in [4.78, 5) is 3.81. The zero-order valence-electron chi connectivity index (χ0n) is 11.0. The summed E-state index contributed by atoms with van der Waals surface area (Å²) in [7, 11) is 0. The molecule has 108 valence electrons. The third-order valence-electron chi connectivity index (χ3n) is 2.55. The van der Waals surface area contributed by atoms with Gasteiger partial charge in [0, 0.05) is 18.5 Å². The Labute approximate surface area is 116 Å². The van der Waals surface area contributed by atoms with Crippen molar-refractivity contribution in [1.82, 2.24) is 10.3 Å². The van der Waals surface area contributed by atoms with E-state index < -0.39 is 11.7 Å². The van der Waals surface area contributed by atoms with Crippen molar-refractivity contribution in [1.29, 1.82) is 0 Å². The number of alkyl halides is 3. The van der Waals surface area contributed by atoms with Crippen molar-refractivity contribution in [3.05, 3.63) is 23.9 Å². The standard InChI is InChI=1S/C13H19F3N2S/c1-2-3-4-7-17-8-9-19-12-6-5-11(10-18-12)13(14,15)16/h5-6,10,17H,2-4,7-9H2,1H3. The predicted octanol–water partition coefficient (Wildman–Crippen LogP) is 3.97. The summed E-state index contributed by atoms with van der Waals surface area (Å²) < 4.78 is 37.0. The van der Waals surface area contributed by atoms with Crippen LogP contribution in [0.15, 0.2) is 23.4 Å². The molecule has 1 heterocycles. The number of pyridine rings is 1. The van der Waals surface area contributed by atoms with Crippen LogP contribution in [-0.4, -0.2) is 23.8 Å². The van der Waals surface area contributed by atoms with Crippen LogP contribution in [0.2, 0.25) is 0 Å². The molecule has 0 amide bonds. The number of hydrogen-bond acceptors (Lipinski definition) is 3. The summed E-state index contributed by atoms with van der Waals surface area (Å²) >= 11 is 1.46. The van der Waals surface area contributed by atoms with Crippen molar-refractivity contribution >= 4 is 11.8 Å². The predicted molar refractivity (Wildman–Crippen MR) is 72.4 cm³/mol. The molecule has 6 heteroatoms. The van der Waals surface area contributed by atoms with Crippen LogP contribution >= 0.6 is 11.8 Å². The second kappa shape index (κ2) is 8.43. The quantitative estimate of drug-likeness (QED) is 0.579. The van der Waals surface area contributed by atoms with Crippen molar-refractivity contribution < 1.29 is 13.2 Å². The number of unbranched alkanes of at least 4 members (excludes halogenated alkanes) is 2. The number of rotatable bonds is 8. The average molecular weight is 292 g/mol. The molecule has 1 N–H and O–H groups in total. The molecule has 0 fully saturated rings. The Kier molecular flexibility index (Phi) is 7.23. The minimum absolute atomic E-state index is 0.628. The molecule has 0 bridgehead atoms. The molecule has 1 aromatic rings. The molecule has 0 spiro atoms. The number of halogens is 3. The van der Waals surface area contributed by atoms with Crippen molar-refractivity contribution in [3.63, 3.8) is 0 Å². The lowest BCUT2D eigenvalue weighted by atomic mass is 10.2. The van der Waals surface area contributed by atoms with Crippen LogP contribution < -0.4 is 5.32 Å². The Morgan fingerprint density at radius 1 is 1.21 bits per heavy atom. The zero-order chi connectivity index (χ0) is 14.1. The van der Waals surface area contributed by atoms with E-state index in [2.05, 4.69) is 17.2 Å². The van der Waals surface area contributed by atoms with Crippen molar-refractivity contribution in [2.24, 2.45) is 0 Å². The Morgan fingerprint density at radius 3 is 2.58 bits per heavy atom. The van der Waals surface area contributed by atoms with E-state index in [-0.39, 0.29) is 0 Å². The number of hydrogen-bond donors (Lipinski definition) is 1. The molecule has 0 atom stereocenters. The van der Waals surface area contributed by atoms with Gasteiger partial charge < -0.3 is 5.32 Å². The molecule has 0 aliphatic heterocycles. The van der Waals surface area contributed by atoms with Gasteiger partial charge in [-0.2, -0.15) is 13.2 Å². The lowest BCUT2D eigenvalue weighted by Gasteiger charge is -2.07. The highest BCUT2D eigenvalue weighted by atomic mass is 32.2. The van der Waals surface area contributed by atoms with E-state index in [1.807, 2.05) is 0 Å². The summed E-state index contributed by atoms with van der Waals surface area (Å²) in [6.45, 7) is 4.00. The van der Waals surface area contributed by atoms with Gasteiger partial charge in [-0.15, -0.1) is 11.8 Å². The van der Waals surface area contributed by atoms with E-state index in [4.69, 9.17) is 0 Å². The highest BCUT2D eigenvalue weighted by Gasteiger charge is 2.30. The molecule has 19 heavy (non-hydrogen) atoms. The van der Waals surface area contributed by atoms with E-state index in [1.165, 1.54) is 37.1 Å². The normalized spacial score (nSPS) is 11.8. The van der Waals surface area contributed by atoms with Crippen LogP contribution in [0.3, 0.4) is 0 Å². The first kappa shape index (κ1) is 16.3. The van der Waals surface area contributed by atoms with Crippen LogP contribution in [0, 0.1) is 0 Å². The minimum Gasteiger partial charge on any atom is -0.316 e. The summed E-state index contributed by atoms with van der Waals surface area (Å²) in [5.41, 5.74) is -0.699. The van der Waals surface area contributed by atoms with Crippen molar-refractivity contribution in [3.8, 4) is 0 Å². The molecule has 0 unspecified atom stereocenters. The fourth-order valence-corrected chi connectivity index (χ4v) is 2.23. The van der Waals surface area contributed by atoms with E-state index in [1.54, 1.807) is 0 Å². The molecule has 2 nitrogen and oxygen atoms in total. The first-order valence-electron chi connectivity index (χ1n) is 6.41. The topological polar surface area (TPSA) is 24.9 Å². The largest absolute Gasteiger partial charge is 0.417 e. The second-order valence-electron chi connectivity index (χ2n) is 4.19. The molecule has 0 saturated carbocycles. The molecule has 0 aliphatic carbocycles. The molecule has 1 aromatic heterocycles. The monoisotopic (exact) mass is 292 g/mol. The van der Waals surface area contributed by atoms with Crippen LogP contribution in [0.25, 0.3) is 0 Å². The van der Waals surface area contributed by atoms with Crippen molar-refractivity contribution in [2.45, 2.75) is 37.4 Å². The SMILES string of the molecule is CCCCCNCCSc1ccc(C(F)(F)F)cn1.